The number of nitrogens with one attached hydrogen (secondary N) is 1. The quantitative estimate of drug-likeness (QED) is 0.754. The molecule has 3 N–H and O–H groups in total. The van der Waals surface area contributed by atoms with Crippen LogP contribution in [0.4, 0.5) is 11.5 Å². The Morgan fingerprint density at radius 2 is 2.12 bits per heavy atom. The topological polar surface area (TPSA) is 82.3 Å². The molecule has 0 amide bonds. The summed E-state index contributed by atoms with van der Waals surface area (Å²) in [5.41, 5.74) is 6.27. The normalized spacial score (nSPS) is 10.2. The number of methoxy groups -OCH3 is 1. The van der Waals surface area contributed by atoms with Crippen molar-refractivity contribution in [3.05, 3.63) is 5.82 Å². The molecule has 6 nitrogen and oxygen atoms in total. The maximum atomic E-state index is 5.85. The van der Waals surface area contributed by atoms with Crippen LogP contribution in [0, 0.1) is 0 Å². The Bertz CT molecular complexity index is 344. The first-order chi connectivity index (χ1) is 7.72. The molecule has 1 heterocycles. The molecule has 0 atom stereocenters. The Balaban J connectivity index is 2.98. The Morgan fingerprint density at radius 1 is 1.38 bits per heavy atom. The summed E-state index contributed by atoms with van der Waals surface area (Å²) in [5.74, 6) is 1.52. The van der Waals surface area contributed by atoms with Gasteiger partial charge in [-0.1, -0.05) is 6.92 Å². The van der Waals surface area contributed by atoms with E-state index in [1.54, 1.807) is 14.2 Å². The molecule has 0 aliphatic carbocycles. The molecule has 6 heteroatoms. The molecule has 0 saturated heterocycles. The van der Waals surface area contributed by atoms with E-state index in [1.807, 2.05) is 6.92 Å². The predicted octanol–water partition coefficient (Wildman–Crippen LogP) is 1.04. The van der Waals surface area contributed by atoms with Crippen LogP contribution in [0.15, 0.2) is 0 Å². The van der Waals surface area contributed by atoms with Gasteiger partial charge in [-0.15, -0.1) is 0 Å². The van der Waals surface area contributed by atoms with Gasteiger partial charge in [0.05, 0.1) is 6.61 Å². The Labute approximate surface area is 95.2 Å². The maximum Gasteiger partial charge on any atom is 0.242 e. The van der Waals surface area contributed by atoms with Gasteiger partial charge in [-0.05, 0) is 6.42 Å². The first-order valence-corrected chi connectivity index (χ1v) is 5.18. The van der Waals surface area contributed by atoms with Gasteiger partial charge in [0.25, 0.3) is 0 Å². The molecule has 0 unspecified atom stereocenters. The third-order valence-corrected chi connectivity index (χ3v) is 1.91. The molecular formula is C10H18N4O2. The fraction of sp³-hybridized carbons (Fsp3) is 0.600. The first-order valence-electron chi connectivity index (χ1n) is 5.18. The minimum Gasteiger partial charge on any atom is -0.476 e. The van der Waals surface area contributed by atoms with Crippen molar-refractivity contribution in [1.29, 1.82) is 0 Å². The van der Waals surface area contributed by atoms with E-state index >= 15 is 0 Å². The highest BCUT2D eigenvalue weighted by molar-refractivity contribution is 5.66. The minimum absolute atomic E-state index is 0.331. The molecule has 1 aromatic rings. The van der Waals surface area contributed by atoms with E-state index in [4.69, 9.17) is 15.2 Å². The van der Waals surface area contributed by atoms with Gasteiger partial charge in [-0.25, -0.2) is 4.98 Å². The molecule has 0 fully saturated rings. The maximum absolute atomic E-state index is 5.85. The zero-order valence-corrected chi connectivity index (χ0v) is 9.91. The van der Waals surface area contributed by atoms with Gasteiger partial charge < -0.3 is 20.5 Å². The second-order valence-electron chi connectivity index (χ2n) is 3.24. The van der Waals surface area contributed by atoms with Crippen LogP contribution in [-0.2, 0) is 11.3 Å². The smallest absolute Gasteiger partial charge is 0.242 e. The lowest BCUT2D eigenvalue weighted by Gasteiger charge is -2.11. The molecule has 0 aliphatic heterocycles. The molecule has 0 aromatic carbocycles. The molecule has 0 aliphatic rings. The van der Waals surface area contributed by atoms with E-state index in [9.17, 15) is 0 Å². The summed E-state index contributed by atoms with van der Waals surface area (Å²) >= 11 is 0. The number of rotatable bonds is 6. The van der Waals surface area contributed by atoms with Gasteiger partial charge in [-0.3, -0.25) is 0 Å². The number of ether oxygens (including phenoxy) is 2. The molecule has 90 valence electrons. The van der Waals surface area contributed by atoms with Crippen molar-refractivity contribution in [2.75, 3.05) is 31.8 Å². The molecule has 0 radical (unpaired) electrons. The third-order valence-electron chi connectivity index (χ3n) is 1.91. The standard InChI is InChI=1S/C10H18N4O2/c1-4-5-16-10-8(11)9(12-2)13-7(14-10)6-15-3/h4-6,11H2,1-3H3,(H,12,13,14). The van der Waals surface area contributed by atoms with E-state index in [0.29, 0.717) is 36.4 Å². The summed E-state index contributed by atoms with van der Waals surface area (Å²) in [6.07, 6.45) is 0.901. The van der Waals surface area contributed by atoms with Crippen molar-refractivity contribution in [2.24, 2.45) is 0 Å². The number of aromatic nitrogens is 2. The zero-order chi connectivity index (χ0) is 12.0. The summed E-state index contributed by atoms with van der Waals surface area (Å²) < 4.78 is 10.4. The molecule has 0 bridgehead atoms. The fourth-order valence-corrected chi connectivity index (χ4v) is 1.19. The first kappa shape index (κ1) is 12.5. The molecule has 16 heavy (non-hydrogen) atoms. The van der Waals surface area contributed by atoms with Gasteiger partial charge >= 0.3 is 0 Å². The van der Waals surface area contributed by atoms with Gasteiger partial charge in [0, 0.05) is 14.2 Å². The number of anilines is 2. The highest BCUT2D eigenvalue weighted by Crippen LogP contribution is 2.25. The summed E-state index contributed by atoms with van der Waals surface area (Å²) in [6, 6.07) is 0. The molecular weight excluding hydrogens is 208 g/mol. The van der Waals surface area contributed by atoms with Crippen LogP contribution in [0.1, 0.15) is 19.2 Å². The second-order valence-corrected chi connectivity index (χ2v) is 3.24. The summed E-state index contributed by atoms with van der Waals surface area (Å²) in [5, 5.41) is 2.90. The van der Waals surface area contributed by atoms with Crippen molar-refractivity contribution in [3.63, 3.8) is 0 Å². The SMILES string of the molecule is CCCOc1nc(COC)nc(NC)c1N. The fourth-order valence-electron chi connectivity index (χ4n) is 1.19. The lowest BCUT2D eigenvalue weighted by atomic mass is 10.4. The molecule has 1 rings (SSSR count). The third kappa shape index (κ3) is 2.96. The lowest BCUT2D eigenvalue weighted by Crippen LogP contribution is -2.09. The van der Waals surface area contributed by atoms with Crippen molar-refractivity contribution >= 4 is 11.5 Å². The van der Waals surface area contributed by atoms with E-state index < -0.39 is 0 Å². The van der Waals surface area contributed by atoms with Crippen LogP contribution in [0.3, 0.4) is 0 Å². The van der Waals surface area contributed by atoms with Crippen molar-refractivity contribution in [3.8, 4) is 5.88 Å². The Hall–Kier alpha value is -1.56. The number of hydrogen-bond donors (Lipinski definition) is 2. The zero-order valence-electron chi connectivity index (χ0n) is 9.91. The van der Waals surface area contributed by atoms with E-state index in [-0.39, 0.29) is 0 Å². The van der Waals surface area contributed by atoms with Crippen molar-refractivity contribution in [2.45, 2.75) is 20.0 Å². The Kier molecular flexibility index (Phi) is 4.78. The van der Waals surface area contributed by atoms with Crippen LogP contribution < -0.4 is 15.8 Å². The average Bonchev–Trinajstić information content (AvgIpc) is 2.29. The van der Waals surface area contributed by atoms with Crippen LogP contribution in [0.5, 0.6) is 5.88 Å². The van der Waals surface area contributed by atoms with E-state index in [1.165, 1.54) is 0 Å². The van der Waals surface area contributed by atoms with E-state index in [2.05, 4.69) is 15.3 Å². The van der Waals surface area contributed by atoms with Crippen LogP contribution in [0.25, 0.3) is 0 Å². The van der Waals surface area contributed by atoms with Gasteiger partial charge in [-0.2, -0.15) is 4.98 Å². The second kappa shape index (κ2) is 6.12. The van der Waals surface area contributed by atoms with Crippen LogP contribution >= 0.6 is 0 Å². The minimum atomic E-state index is 0.331. The van der Waals surface area contributed by atoms with Crippen molar-refractivity contribution < 1.29 is 9.47 Å². The van der Waals surface area contributed by atoms with E-state index in [0.717, 1.165) is 6.42 Å². The summed E-state index contributed by atoms with van der Waals surface area (Å²) in [7, 11) is 3.34. The van der Waals surface area contributed by atoms with Gasteiger partial charge in [0.15, 0.2) is 11.6 Å². The van der Waals surface area contributed by atoms with Crippen molar-refractivity contribution in [1.82, 2.24) is 9.97 Å². The summed E-state index contributed by atoms with van der Waals surface area (Å²) in [4.78, 5) is 8.38. The van der Waals surface area contributed by atoms with Gasteiger partial charge in [0.1, 0.15) is 12.3 Å². The predicted molar refractivity (Wildman–Crippen MR) is 62.5 cm³/mol. The number of nitrogens with zero attached hydrogens (tertiary/aromatic N) is 2. The number of nitrogen functional groups attached to an aromatic ring is 1. The molecule has 1 aromatic heterocycles. The monoisotopic (exact) mass is 226 g/mol. The summed E-state index contributed by atoms with van der Waals surface area (Å²) in [6.45, 7) is 2.93. The number of nitrogens with two attached hydrogens (primary N) is 1. The van der Waals surface area contributed by atoms with Crippen LogP contribution in [0.2, 0.25) is 0 Å². The largest absolute Gasteiger partial charge is 0.476 e. The van der Waals surface area contributed by atoms with Crippen LogP contribution in [-0.4, -0.2) is 30.7 Å². The lowest BCUT2D eigenvalue weighted by molar-refractivity contribution is 0.176. The number of hydrogen-bond acceptors (Lipinski definition) is 6. The van der Waals surface area contributed by atoms with Gasteiger partial charge in [0.2, 0.25) is 5.88 Å². The highest BCUT2D eigenvalue weighted by Gasteiger charge is 2.11. The molecule has 0 saturated carbocycles. The highest BCUT2D eigenvalue weighted by atomic mass is 16.5. The average molecular weight is 226 g/mol. The molecule has 0 spiro atoms. The Morgan fingerprint density at radius 3 is 2.69 bits per heavy atom.